The van der Waals surface area contributed by atoms with Gasteiger partial charge in [-0.3, -0.25) is 4.98 Å². The Morgan fingerprint density at radius 2 is 1.93 bits per heavy atom. The number of sulfone groups is 1. The highest BCUT2D eigenvalue weighted by atomic mass is 32.2. The van der Waals surface area contributed by atoms with E-state index in [4.69, 9.17) is 4.74 Å². The second kappa shape index (κ2) is 7.48. The fourth-order valence-electron chi connectivity index (χ4n) is 3.01. The fraction of sp³-hybridized carbons (Fsp3) is 0.238. The van der Waals surface area contributed by atoms with E-state index in [2.05, 4.69) is 4.98 Å². The zero-order valence-corrected chi connectivity index (χ0v) is 16.3. The summed E-state index contributed by atoms with van der Waals surface area (Å²) in [7, 11) is -1.78. The molecule has 3 aromatic rings. The molecule has 0 fully saturated rings. The summed E-state index contributed by atoms with van der Waals surface area (Å²) in [6.07, 6.45) is 3.38. The number of rotatable bonds is 5. The molecule has 0 bridgehead atoms. The monoisotopic (exact) mass is 383 g/mol. The van der Waals surface area contributed by atoms with Gasteiger partial charge in [-0.05, 0) is 54.8 Å². The van der Waals surface area contributed by atoms with Gasteiger partial charge in [0.15, 0.2) is 0 Å². The third kappa shape index (κ3) is 4.17. The molecule has 0 aliphatic rings. The highest BCUT2D eigenvalue weighted by Crippen LogP contribution is 2.30. The Kier molecular flexibility index (Phi) is 5.28. The fourth-order valence-corrected chi connectivity index (χ4v) is 3.50. The first-order valence-corrected chi connectivity index (χ1v) is 10.5. The smallest absolute Gasteiger partial charge is 0.337 e. The van der Waals surface area contributed by atoms with Crippen molar-refractivity contribution in [3.05, 3.63) is 65.9 Å². The van der Waals surface area contributed by atoms with Crippen LogP contribution < -0.4 is 0 Å². The number of benzene rings is 2. The van der Waals surface area contributed by atoms with Crippen LogP contribution in [0.3, 0.4) is 0 Å². The highest BCUT2D eigenvalue weighted by molar-refractivity contribution is 7.91. The number of esters is 1. The molecule has 0 aliphatic heterocycles. The molecule has 0 aliphatic carbocycles. The van der Waals surface area contributed by atoms with Crippen molar-refractivity contribution in [1.82, 2.24) is 4.98 Å². The standard InChI is InChI=1S/C21H21NO4S/c1-14(27(3,24)25)10-15-11-17-8-5-9-22-20(17)19(12-15)16-6-4-7-18(13-16)21(23)26-2/h4-9,11-14H,10H2,1-3H3. The third-order valence-electron chi connectivity index (χ3n) is 4.61. The van der Waals surface area contributed by atoms with Gasteiger partial charge in [0.05, 0.1) is 23.4 Å². The van der Waals surface area contributed by atoms with E-state index in [9.17, 15) is 13.2 Å². The number of nitrogens with zero attached hydrogens (tertiary/aromatic N) is 1. The van der Waals surface area contributed by atoms with E-state index in [1.807, 2.05) is 30.3 Å². The number of fused-ring (bicyclic) bond motifs is 1. The molecule has 1 aromatic heterocycles. The van der Waals surface area contributed by atoms with Crippen LogP contribution in [0.1, 0.15) is 22.8 Å². The summed E-state index contributed by atoms with van der Waals surface area (Å²) in [5, 5.41) is 0.440. The number of ether oxygens (including phenoxy) is 1. The van der Waals surface area contributed by atoms with Crippen molar-refractivity contribution >= 4 is 26.7 Å². The summed E-state index contributed by atoms with van der Waals surface area (Å²) >= 11 is 0. The molecule has 0 amide bonds. The quantitative estimate of drug-likeness (QED) is 0.629. The van der Waals surface area contributed by atoms with Crippen LogP contribution in [0.4, 0.5) is 0 Å². The summed E-state index contributed by atoms with van der Waals surface area (Å²) in [5.74, 6) is -0.407. The van der Waals surface area contributed by atoms with Gasteiger partial charge in [-0.25, -0.2) is 13.2 Å². The molecule has 2 aromatic carbocycles. The van der Waals surface area contributed by atoms with Crippen LogP contribution in [0, 0.1) is 0 Å². The number of aromatic nitrogens is 1. The topological polar surface area (TPSA) is 73.3 Å². The third-order valence-corrected chi connectivity index (χ3v) is 6.24. The number of hydrogen-bond donors (Lipinski definition) is 0. The largest absolute Gasteiger partial charge is 0.465 e. The summed E-state index contributed by atoms with van der Waals surface area (Å²) < 4.78 is 28.5. The van der Waals surface area contributed by atoms with Gasteiger partial charge < -0.3 is 4.74 Å². The zero-order chi connectivity index (χ0) is 19.6. The van der Waals surface area contributed by atoms with Crippen LogP contribution >= 0.6 is 0 Å². The highest BCUT2D eigenvalue weighted by Gasteiger charge is 2.17. The van der Waals surface area contributed by atoms with Crippen molar-refractivity contribution in [3.8, 4) is 11.1 Å². The molecule has 27 heavy (non-hydrogen) atoms. The van der Waals surface area contributed by atoms with Crippen molar-refractivity contribution in [3.63, 3.8) is 0 Å². The molecule has 0 saturated carbocycles. The van der Waals surface area contributed by atoms with Gasteiger partial charge in [0.1, 0.15) is 9.84 Å². The van der Waals surface area contributed by atoms with E-state index in [1.165, 1.54) is 13.4 Å². The first-order valence-electron chi connectivity index (χ1n) is 8.55. The van der Waals surface area contributed by atoms with Crippen LogP contribution in [-0.4, -0.2) is 38.0 Å². The van der Waals surface area contributed by atoms with E-state index >= 15 is 0 Å². The maximum atomic E-state index is 11.9. The average Bonchev–Trinajstić information content (AvgIpc) is 2.66. The van der Waals surface area contributed by atoms with Crippen molar-refractivity contribution in [2.75, 3.05) is 13.4 Å². The van der Waals surface area contributed by atoms with Gasteiger partial charge in [-0.15, -0.1) is 0 Å². The Labute approximate surface area is 158 Å². The Balaban J connectivity index is 2.15. The summed E-state index contributed by atoms with van der Waals surface area (Å²) in [5.41, 5.74) is 3.85. The predicted molar refractivity (Wildman–Crippen MR) is 107 cm³/mol. The maximum Gasteiger partial charge on any atom is 0.337 e. The van der Waals surface area contributed by atoms with Crippen LogP contribution in [0.5, 0.6) is 0 Å². The second-order valence-electron chi connectivity index (χ2n) is 6.64. The van der Waals surface area contributed by atoms with E-state index in [1.54, 1.807) is 31.3 Å². The second-order valence-corrected chi connectivity index (χ2v) is 9.10. The van der Waals surface area contributed by atoms with E-state index in [-0.39, 0.29) is 0 Å². The van der Waals surface area contributed by atoms with Gasteiger partial charge >= 0.3 is 5.97 Å². The molecule has 1 unspecified atom stereocenters. The number of hydrogen-bond acceptors (Lipinski definition) is 5. The van der Waals surface area contributed by atoms with E-state index in [0.717, 1.165) is 27.6 Å². The molecule has 0 N–H and O–H groups in total. The van der Waals surface area contributed by atoms with Gasteiger partial charge in [-0.1, -0.05) is 18.2 Å². The normalized spacial score (nSPS) is 12.7. The van der Waals surface area contributed by atoms with Gasteiger partial charge in [-0.2, -0.15) is 0 Å². The number of carbonyl (C=O) groups is 1. The lowest BCUT2D eigenvalue weighted by atomic mass is 9.96. The molecule has 1 heterocycles. The van der Waals surface area contributed by atoms with Crippen molar-refractivity contribution in [1.29, 1.82) is 0 Å². The molecule has 0 saturated heterocycles. The molecule has 3 rings (SSSR count). The lowest BCUT2D eigenvalue weighted by molar-refractivity contribution is 0.0601. The van der Waals surface area contributed by atoms with Crippen molar-refractivity contribution in [2.45, 2.75) is 18.6 Å². The first-order chi connectivity index (χ1) is 12.8. The van der Waals surface area contributed by atoms with E-state index < -0.39 is 21.1 Å². The summed E-state index contributed by atoms with van der Waals surface area (Å²) in [6, 6.07) is 14.9. The summed E-state index contributed by atoms with van der Waals surface area (Å²) in [6.45, 7) is 1.71. The first kappa shape index (κ1) is 19.0. The Morgan fingerprint density at radius 1 is 1.15 bits per heavy atom. The molecule has 0 radical (unpaired) electrons. The molecule has 0 spiro atoms. The van der Waals surface area contributed by atoms with Crippen molar-refractivity contribution < 1.29 is 17.9 Å². The maximum absolute atomic E-state index is 11.9. The molecular formula is C21H21NO4S. The molecule has 140 valence electrons. The average molecular weight is 383 g/mol. The number of carbonyl (C=O) groups excluding carboxylic acids is 1. The molecule has 1 atom stereocenters. The minimum atomic E-state index is -3.13. The minimum Gasteiger partial charge on any atom is -0.465 e. The van der Waals surface area contributed by atoms with Gasteiger partial charge in [0.25, 0.3) is 0 Å². The van der Waals surface area contributed by atoms with Crippen LogP contribution in [-0.2, 0) is 21.0 Å². The Hall–Kier alpha value is -2.73. The lowest BCUT2D eigenvalue weighted by Crippen LogP contribution is -2.18. The lowest BCUT2D eigenvalue weighted by Gasteiger charge is -2.13. The molecule has 5 nitrogen and oxygen atoms in total. The predicted octanol–water partition coefficient (Wildman–Crippen LogP) is 3.66. The summed E-state index contributed by atoms with van der Waals surface area (Å²) in [4.78, 5) is 16.4. The molecular weight excluding hydrogens is 362 g/mol. The number of pyridine rings is 1. The van der Waals surface area contributed by atoms with Gasteiger partial charge in [0, 0.05) is 23.4 Å². The minimum absolute atomic E-state index is 0.407. The van der Waals surface area contributed by atoms with Crippen LogP contribution in [0.15, 0.2) is 54.7 Å². The SMILES string of the molecule is COC(=O)c1cccc(-c2cc(CC(C)S(C)(=O)=O)cc3cccnc23)c1. The Bertz CT molecular complexity index is 1110. The Morgan fingerprint density at radius 3 is 2.63 bits per heavy atom. The van der Waals surface area contributed by atoms with Crippen molar-refractivity contribution in [2.24, 2.45) is 0 Å². The van der Waals surface area contributed by atoms with Crippen LogP contribution in [0.25, 0.3) is 22.0 Å². The van der Waals surface area contributed by atoms with Gasteiger partial charge in [0.2, 0.25) is 0 Å². The number of methoxy groups -OCH3 is 1. The van der Waals surface area contributed by atoms with E-state index in [0.29, 0.717) is 12.0 Å². The molecule has 6 heteroatoms. The van der Waals surface area contributed by atoms with Crippen LogP contribution in [0.2, 0.25) is 0 Å². The zero-order valence-electron chi connectivity index (χ0n) is 15.5.